The minimum atomic E-state index is 0.0647. The molecule has 0 fully saturated rings. The second-order valence-electron chi connectivity index (χ2n) is 14.2. The zero-order valence-corrected chi connectivity index (χ0v) is 31.7. The van der Waals surface area contributed by atoms with E-state index in [4.69, 9.17) is 14.2 Å². The van der Waals surface area contributed by atoms with E-state index in [1.807, 2.05) is 6.07 Å². The fourth-order valence-electron chi connectivity index (χ4n) is 6.49. The summed E-state index contributed by atoms with van der Waals surface area (Å²) in [6, 6.07) is 4.01. The molecule has 1 N–H and O–H groups in total. The van der Waals surface area contributed by atoms with Crippen LogP contribution in [0, 0.1) is 0 Å². The van der Waals surface area contributed by atoms with Gasteiger partial charge < -0.3 is 19.3 Å². The van der Waals surface area contributed by atoms with Crippen molar-refractivity contribution in [3.8, 4) is 5.75 Å². The molecule has 4 nitrogen and oxygen atoms in total. The summed E-state index contributed by atoms with van der Waals surface area (Å²) in [5.74, 6) is 0.390. The average molecular weight is 647 g/mol. The van der Waals surface area contributed by atoms with E-state index in [0.29, 0.717) is 5.75 Å². The van der Waals surface area contributed by atoms with Crippen LogP contribution in [0.3, 0.4) is 0 Å². The molecule has 4 heteroatoms. The Bertz CT molecular complexity index is 809. The third kappa shape index (κ3) is 22.5. The van der Waals surface area contributed by atoms with Gasteiger partial charge in [0.1, 0.15) is 5.75 Å². The first-order valence-corrected chi connectivity index (χ1v) is 20.1. The maximum absolute atomic E-state index is 11.1. The number of aromatic hydroxyl groups is 1. The van der Waals surface area contributed by atoms with Crippen LogP contribution < -0.4 is 0 Å². The lowest BCUT2D eigenvalue weighted by atomic mass is 9.90. The minimum absolute atomic E-state index is 0.0647. The van der Waals surface area contributed by atoms with Gasteiger partial charge in [0.2, 0.25) is 0 Å². The lowest BCUT2D eigenvalue weighted by Crippen LogP contribution is -2.20. The molecule has 3 unspecified atom stereocenters. The van der Waals surface area contributed by atoms with E-state index < -0.39 is 0 Å². The first kappa shape index (κ1) is 42.9. The highest BCUT2D eigenvalue weighted by Gasteiger charge is 2.20. The number of ether oxygens (including phenoxy) is 3. The van der Waals surface area contributed by atoms with Crippen molar-refractivity contribution in [3.05, 3.63) is 28.8 Å². The van der Waals surface area contributed by atoms with Crippen molar-refractivity contribution in [1.82, 2.24) is 0 Å². The smallest absolute Gasteiger partial charge is 0.119 e. The molecule has 1 rings (SSSR count). The summed E-state index contributed by atoms with van der Waals surface area (Å²) in [5.41, 5.74) is 3.56. The van der Waals surface area contributed by atoms with E-state index in [1.165, 1.54) is 127 Å². The van der Waals surface area contributed by atoms with Crippen LogP contribution in [0.25, 0.3) is 0 Å². The summed E-state index contributed by atoms with van der Waals surface area (Å²) in [6.45, 7) is 15.8. The summed E-state index contributed by atoms with van der Waals surface area (Å²) in [5, 5.41) is 11.1. The van der Waals surface area contributed by atoms with E-state index in [2.05, 4.69) is 47.6 Å². The summed E-state index contributed by atoms with van der Waals surface area (Å²) in [7, 11) is 0. The second kappa shape index (κ2) is 30.0. The van der Waals surface area contributed by atoms with Crippen molar-refractivity contribution in [1.29, 1.82) is 0 Å². The Morgan fingerprint density at radius 1 is 0.435 bits per heavy atom. The van der Waals surface area contributed by atoms with Crippen LogP contribution in [0.5, 0.6) is 5.75 Å². The molecular weight excluding hydrogens is 568 g/mol. The van der Waals surface area contributed by atoms with Gasteiger partial charge in [-0.3, -0.25) is 0 Å². The maximum atomic E-state index is 11.1. The van der Waals surface area contributed by atoms with Crippen LogP contribution in [0.1, 0.15) is 193 Å². The monoisotopic (exact) mass is 647 g/mol. The highest BCUT2D eigenvalue weighted by Crippen LogP contribution is 2.30. The first-order valence-electron chi connectivity index (χ1n) is 20.1. The summed E-state index contributed by atoms with van der Waals surface area (Å²) >= 11 is 0. The molecule has 0 amide bonds. The van der Waals surface area contributed by atoms with Crippen molar-refractivity contribution in [2.24, 2.45) is 0 Å². The van der Waals surface area contributed by atoms with Gasteiger partial charge in [-0.25, -0.2) is 0 Å². The van der Waals surface area contributed by atoms with E-state index in [1.54, 1.807) is 0 Å². The molecule has 0 aliphatic rings. The predicted molar refractivity (Wildman–Crippen MR) is 199 cm³/mol. The van der Waals surface area contributed by atoms with Gasteiger partial charge in [-0.15, -0.1) is 0 Å². The Hall–Kier alpha value is -1.10. The fourth-order valence-corrected chi connectivity index (χ4v) is 6.49. The molecule has 3 atom stereocenters. The molecular formula is C42H78O4. The first-order chi connectivity index (χ1) is 22.4. The number of unbranched alkanes of at least 4 members (excludes halogenated alkanes) is 18. The van der Waals surface area contributed by atoms with Crippen molar-refractivity contribution < 1.29 is 19.3 Å². The third-order valence-corrected chi connectivity index (χ3v) is 9.44. The van der Waals surface area contributed by atoms with Crippen molar-refractivity contribution in [2.75, 3.05) is 19.8 Å². The third-order valence-electron chi connectivity index (χ3n) is 9.44. The van der Waals surface area contributed by atoms with Crippen LogP contribution in [-0.4, -0.2) is 43.2 Å². The number of hydrogen-bond donors (Lipinski definition) is 1. The Kier molecular flexibility index (Phi) is 28.0. The zero-order chi connectivity index (χ0) is 33.7. The number of benzene rings is 1. The largest absolute Gasteiger partial charge is 0.508 e. The van der Waals surface area contributed by atoms with E-state index in [0.717, 1.165) is 63.9 Å². The molecule has 0 aliphatic heterocycles. The van der Waals surface area contributed by atoms with Crippen LogP contribution in [0.2, 0.25) is 0 Å². The van der Waals surface area contributed by atoms with Crippen LogP contribution in [0.4, 0.5) is 0 Å². The number of phenols is 1. The predicted octanol–water partition coefficient (Wildman–Crippen LogP) is 12.5. The fraction of sp³-hybridized carbons (Fsp3) is 0.857. The van der Waals surface area contributed by atoms with Crippen LogP contribution in [-0.2, 0) is 33.5 Å². The van der Waals surface area contributed by atoms with E-state index in [-0.39, 0.29) is 18.3 Å². The molecule has 0 bridgehead atoms. The number of rotatable bonds is 33. The van der Waals surface area contributed by atoms with Gasteiger partial charge in [0, 0.05) is 26.2 Å². The molecule has 0 heterocycles. The number of hydrogen-bond acceptors (Lipinski definition) is 4. The van der Waals surface area contributed by atoms with E-state index in [9.17, 15) is 5.11 Å². The number of phenolic OH excluding ortho intramolecular Hbond substituents is 1. The van der Waals surface area contributed by atoms with Crippen LogP contribution in [0.15, 0.2) is 12.1 Å². The Morgan fingerprint density at radius 3 is 1.15 bits per heavy atom. The minimum Gasteiger partial charge on any atom is -0.508 e. The van der Waals surface area contributed by atoms with Gasteiger partial charge in [0.05, 0.1) is 18.3 Å². The van der Waals surface area contributed by atoms with Crippen LogP contribution >= 0.6 is 0 Å². The normalized spacial score (nSPS) is 13.7. The van der Waals surface area contributed by atoms with Gasteiger partial charge >= 0.3 is 0 Å². The lowest BCUT2D eigenvalue weighted by molar-refractivity contribution is 0.0574. The summed E-state index contributed by atoms with van der Waals surface area (Å²) in [4.78, 5) is 0. The molecule has 0 radical (unpaired) electrons. The SMILES string of the molecule is CCCCCCCCCOC(C)Cc1ccc(O)c(CC(C)OCCCCCCCCC)c1CC(C)OCCCCCCCCC. The zero-order valence-electron chi connectivity index (χ0n) is 31.7. The highest BCUT2D eigenvalue weighted by atomic mass is 16.5. The Morgan fingerprint density at radius 2 is 0.761 bits per heavy atom. The Labute approximate surface area is 287 Å². The van der Waals surface area contributed by atoms with Gasteiger partial charge in [-0.05, 0) is 75.6 Å². The Balaban J connectivity index is 2.74. The van der Waals surface area contributed by atoms with Crippen molar-refractivity contribution in [2.45, 2.75) is 214 Å². The molecule has 1 aromatic rings. The van der Waals surface area contributed by atoms with Crippen molar-refractivity contribution >= 4 is 0 Å². The maximum Gasteiger partial charge on any atom is 0.119 e. The average Bonchev–Trinajstić information content (AvgIpc) is 3.04. The van der Waals surface area contributed by atoms with Gasteiger partial charge in [0.15, 0.2) is 0 Å². The van der Waals surface area contributed by atoms with E-state index >= 15 is 0 Å². The lowest BCUT2D eigenvalue weighted by Gasteiger charge is -2.24. The molecule has 0 saturated carbocycles. The highest BCUT2D eigenvalue weighted by molar-refractivity contribution is 5.45. The molecule has 0 aliphatic carbocycles. The topological polar surface area (TPSA) is 47.9 Å². The molecule has 270 valence electrons. The quantitative estimate of drug-likeness (QED) is 0.0772. The second-order valence-corrected chi connectivity index (χ2v) is 14.2. The van der Waals surface area contributed by atoms with Gasteiger partial charge in [0.25, 0.3) is 0 Å². The molecule has 1 aromatic carbocycles. The standard InChI is InChI=1S/C42H78O4/c1-7-10-13-16-19-22-25-30-44-36(4)33-39-28-29-42(43)41(35-38(6)46-32-27-24-21-18-15-12-9-3)40(39)34-37(5)45-31-26-23-20-17-14-11-8-2/h28-29,36-38,43H,7-27,30-35H2,1-6H3. The molecule has 0 aromatic heterocycles. The summed E-state index contributed by atoms with van der Waals surface area (Å²) in [6.07, 6.45) is 29.9. The molecule has 46 heavy (non-hydrogen) atoms. The van der Waals surface area contributed by atoms with Gasteiger partial charge in [-0.2, -0.15) is 0 Å². The summed E-state index contributed by atoms with van der Waals surface area (Å²) < 4.78 is 18.9. The molecule has 0 saturated heterocycles. The van der Waals surface area contributed by atoms with Crippen molar-refractivity contribution in [3.63, 3.8) is 0 Å². The van der Waals surface area contributed by atoms with Gasteiger partial charge in [-0.1, -0.05) is 142 Å². The molecule has 0 spiro atoms.